The Morgan fingerprint density at radius 1 is 1.21 bits per heavy atom. The van der Waals surface area contributed by atoms with Gasteiger partial charge in [-0.2, -0.15) is 0 Å². The Morgan fingerprint density at radius 3 is 2.37 bits per heavy atom. The molecule has 1 unspecified atom stereocenters. The largest absolute Gasteiger partial charge is 0.212 e. The quantitative estimate of drug-likeness (QED) is 0.751. The minimum absolute atomic E-state index is 0.0849. The van der Waals surface area contributed by atoms with Crippen LogP contribution in [0.3, 0.4) is 0 Å². The second kappa shape index (κ2) is 7.88. The first kappa shape index (κ1) is 16.5. The normalized spacial score (nSPS) is 13.7. The summed E-state index contributed by atoms with van der Waals surface area (Å²) in [6.07, 6.45) is 1.19. The van der Waals surface area contributed by atoms with Crippen LogP contribution in [0.2, 0.25) is 0 Å². The third kappa shape index (κ3) is 6.41. The van der Waals surface area contributed by atoms with Crippen molar-refractivity contribution in [2.75, 3.05) is 11.6 Å². The number of sulfonamides is 1. The van der Waals surface area contributed by atoms with Crippen LogP contribution >= 0.6 is 11.6 Å². The molecule has 1 aromatic carbocycles. The monoisotopic (exact) mass is 303 g/mol. The summed E-state index contributed by atoms with van der Waals surface area (Å²) in [4.78, 5) is 0. The van der Waals surface area contributed by atoms with Gasteiger partial charge in [0.1, 0.15) is 0 Å². The highest BCUT2D eigenvalue weighted by molar-refractivity contribution is 7.89. The summed E-state index contributed by atoms with van der Waals surface area (Å²) in [5.74, 6) is 0.817. The lowest BCUT2D eigenvalue weighted by molar-refractivity contribution is 0.439. The van der Waals surface area contributed by atoms with Crippen molar-refractivity contribution in [2.24, 2.45) is 5.92 Å². The first-order valence-corrected chi connectivity index (χ1v) is 8.73. The van der Waals surface area contributed by atoms with Gasteiger partial charge in [0.15, 0.2) is 0 Å². The van der Waals surface area contributed by atoms with E-state index in [2.05, 4.69) is 4.72 Å². The van der Waals surface area contributed by atoms with E-state index in [0.29, 0.717) is 18.7 Å². The summed E-state index contributed by atoms with van der Waals surface area (Å²) < 4.78 is 26.8. The number of alkyl halides is 1. The Labute approximate surface area is 121 Å². The zero-order valence-corrected chi connectivity index (χ0v) is 13.0. The number of halogens is 1. The minimum atomic E-state index is -3.25. The molecule has 0 aliphatic rings. The van der Waals surface area contributed by atoms with E-state index in [1.807, 2.05) is 44.2 Å². The van der Waals surface area contributed by atoms with Gasteiger partial charge in [0, 0.05) is 11.9 Å². The van der Waals surface area contributed by atoms with Crippen molar-refractivity contribution in [2.45, 2.75) is 32.7 Å². The molecule has 1 rings (SSSR count). The van der Waals surface area contributed by atoms with E-state index in [4.69, 9.17) is 11.6 Å². The van der Waals surface area contributed by atoms with Crippen molar-refractivity contribution in [3.05, 3.63) is 35.9 Å². The fraction of sp³-hybridized carbons (Fsp3) is 0.571. The first-order valence-electron chi connectivity index (χ1n) is 6.54. The van der Waals surface area contributed by atoms with Gasteiger partial charge in [-0.25, -0.2) is 13.1 Å². The van der Waals surface area contributed by atoms with Crippen molar-refractivity contribution in [3.63, 3.8) is 0 Å². The highest BCUT2D eigenvalue weighted by Crippen LogP contribution is 2.10. The molecule has 1 N–H and O–H groups in total. The number of hydrogen-bond acceptors (Lipinski definition) is 2. The van der Waals surface area contributed by atoms with Crippen LogP contribution in [0.15, 0.2) is 30.3 Å². The number of rotatable bonds is 8. The fourth-order valence-corrected chi connectivity index (χ4v) is 3.54. The van der Waals surface area contributed by atoms with Crippen LogP contribution in [-0.4, -0.2) is 26.1 Å². The molecular weight excluding hydrogens is 282 g/mol. The standard InChI is InChI=1S/C14H22ClNO2S/c1-12(2)14(8-10-15)16-19(17,18)11-9-13-6-4-3-5-7-13/h3-7,12,14,16H,8-11H2,1-2H3. The molecule has 108 valence electrons. The predicted molar refractivity (Wildman–Crippen MR) is 81.0 cm³/mol. The Kier molecular flexibility index (Phi) is 6.83. The molecule has 1 atom stereocenters. The van der Waals surface area contributed by atoms with E-state index in [1.165, 1.54) is 0 Å². The highest BCUT2D eigenvalue weighted by atomic mass is 35.5. The lowest BCUT2D eigenvalue weighted by Gasteiger charge is -2.21. The van der Waals surface area contributed by atoms with Gasteiger partial charge in [-0.1, -0.05) is 44.2 Å². The number of aryl methyl sites for hydroxylation is 1. The van der Waals surface area contributed by atoms with Gasteiger partial charge in [0.25, 0.3) is 0 Å². The molecule has 5 heteroatoms. The number of benzene rings is 1. The highest BCUT2D eigenvalue weighted by Gasteiger charge is 2.20. The summed E-state index contributed by atoms with van der Waals surface area (Å²) >= 11 is 5.71. The summed E-state index contributed by atoms with van der Waals surface area (Å²) in [6, 6.07) is 9.55. The van der Waals surface area contributed by atoms with Gasteiger partial charge in [-0.05, 0) is 24.3 Å². The molecule has 0 saturated heterocycles. The molecular formula is C14H22ClNO2S. The molecule has 0 bridgehead atoms. The van der Waals surface area contributed by atoms with Crippen molar-refractivity contribution in [1.29, 1.82) is 0 Å². The van der Waals surface area contributed by atoms with Crippen molar-refractivity contribution in [1.82, 2.24) is 4.72 Å². The Hall–Kier alpha value is -0.580. The molecule has 0 aromatic heterocycles. The van der Waals surface area contributed by atoms with E-state index in [0.717, 1.165) is 5.56 Å². The van der Waals surface area contributed by atoms with Crippen LogP contribution in [0.1, 0.15) is 25.8 Å². The maximum atomic E-state index is 12.0. The van der Waals surface area contributed by atoms with Crippen LogP contribution in [0.4, 0.5) is 0 Å². The van der Waals surface area contributed by atoms with Crippen LogP contribution in [0.5, 0.6) is 0 Å². The summed E-state index contributed by atoms with van der Waals surface area (Å²) in [5.41, 5.74) is 1.03. The van der Waals surface area contributed by atoms with E-state index >= 15 is 0 Å². The van der Waals surface area contributed by atoms with E-state index in [1.54, 1.807) is 0 Å². The first-order chi connectivity index (χ1) is 8.94. The smallest absolute Gasteiger partial charge is 0.212 e. The van der Waals surface area contributed by atoms with Gasteiger partial charge in [-0.15, -0.1) is 11.6 Å². The van der Waals surface area contributed by atoms with Crippen molar-refractivity contribution < 1.29 is 8.42 Å². The van der Waals surface area contributed by atoms with Crippen molar-refractivity contribution >= 4 is 21.6 Å². The molecule has 0 amide bonds. The zero-order valence-electron chi connectivity index (χ0n) is 11.5. The molecule has 0 spiro atoms. The lowest BCUT2D eigenvalue weighted by atomic mass is 10.0. The molecule has 0 heterocycles. The van der Waals surface area contributed by atoms with Gasteiger partial charge in [-0.3, -0.25) is 0 Å². The Bertz CT molecular complexity index is 460. The zero-order chi connectivity index (χ0) is 14.3. The topological polar surface area (TPSA) is 46.2 Å². The maximum Gasteiger partial charge on any atom is 0.212 e. The summed E-state index contributed by atoms with van der Waals surface area (Å²) in [6.45, 7) is 3.99. The molecule has 0 aliphatic heterocycles. The van der Waals surface area contributed by atoms with E-state index in [-0.39, 0.29) is 17.7 Å². The van der Waals surface area contributed by atoms with E-state index < -0.39 is 10.0 Å². The molecule has 0 fully saturated rings. The molecule has 0 aliphatic carbocycles. The average Bonchev–Trinajstić information content (AvgIpc) is 2.37. The van der Waals surface area contributed by atoms with Crippen molar-refractivity contribution in [3.8, 4) is 0 Å². The molecule has 1 aromatic rings. The van der Waals surface area contributed by atoms with Crippen LogP contribution in [0.25, 0.3) is 0 Å². The molecule has 3 nitrogen and oxygen atoms in total. The Morgan fingerprint density at radius 2 is 1.84 bits per heavy atom. The molecule has 0 radical (unpaired) electrons. The summed E-state index contributed by atoms with van der Waals surface area (Å²) in [7, 11) is -3.25. The lowest BCUT2D eigenvalue weighted by Crippen LogP contribution is -2.40. The number of hydrogen-bond donors (Lipinski definition) is 1. The van der Waals surface area contributed by atoms with Gasteiger partial charge < -0.3 is 0 Å². The second-order valence-corrected chi connectivity index (χ2v) is 7.25. The minimum Gasteiger partial charge on any atom is -0.212 e. The third-order valence-electron chi connectivity index (χ3n) is 3.06. The molecule has 0 saturated carbocycles. The Balaban J connectivity index is 2.56. The van der Waals surface area contributed by atoms with Crippen LogP contribution in [0, 0.1) is 5.92 Å². The predicted octanol–water partition coefficient (Wildman–Crippen LogP) is 2.80. The molecule has 19 heavy (non-hydrogen) atoms. The van der Waals surface area contributed by atoms with E-state index in [9.17, 15) is 8.42 Å². The average molecular weight is 304 g/mol. The second-order valence-electron chi connectivity index (χ2n) is 5.00. The SMILES string of the molecule is CC(C)C(CCCl)NS(=O)(=O)CCc1ccccc1. The fourth-order valence-electron chi connectivity index (χ4n) is 1.83. The number of nitrogens with one attached hydrogen (secondary N) is 1. The van der Waals surface area contributed by atoms with Gasteiger partial charge >= 0.3 is 0 Å². The van der Waals surface area contributed by atoms with Gasteiger partial charge in [0.05, 0.1) is 5.75 Å². The maximum absolute atomic E-state index is 12.0. The summed E-state index contributed by atoms with van der Waals surface area (Å²) in [5, 5.41) is 0. The third-order valence-corrected chi connectivity index (χ3v) is 4.68. The van der Waals surface area contributed by atoms with Crippen LogP contribution < -0.4 is 4.72 Å². The van der Waals surface area contributed by atoms with Crippen LogP contribution in [-0.2, 0) is 16.4 Å². The van der Waals surface area contributed by atoms with Gasteiger partial charge in [0.2, 0.25) is 10.0 Å².